The molecule has 0 radical (unpaired) electrons. The van der Waals surface area contributed by atoms with E-state index < -0.39 is 0 Å². The molecule has 2 aliphatic rings. The second-order valence-corrected chi connectivity index (χ2v) is 7.54. The molecule has 0 aromatic heterocycles. The summed E-state index contributed by atoms with van der Waals surface area (Å²) >= 11 is 0. The molecule has 0 spiro atoms. The van der Waals surface area contributed by atoms with Crippen LogP contribution < -0.4 is 5.32 Å². The maximum Gasteiger partial charge on any atom is 0.409 e. The zero-order valence-corrected chi connectivity index (χ0v) is 15.3. The molecule has 2 fully saturated rings. The molecule has 0 bridgehead atoms. The average molecular weight is 339 g/mol. The first-order valence-electron chi connectivity index (χ1n) is 9.45. The van der Waals surface area contributed by atoms with Crippen LogP contribution in [0.5, 0.6) is 0 Å². The molecule has 0 aromatic carbocycles. The second-order valence-electron chi connectivity index (χ2n) is 7.54. The van der Waals surface area contributed by atoms with Crippen molar-refractivity contribution in [1.29, 1.82) is 0 Å². The van der Waals surface area contributed by atoms with Crippen molar-refractivity contribution in [3.63, 3.8) is 0 Å². The largest absolute Gasteiger partial charge is 0.449 e. The summed E-state index contributed by atoms with van der Waals surface area (Å²) in [7, 11) is 0. The van der Waals surface area contributed by atoms with Gasteiger partial charge in [0, 0.05) is 32.7 Å². The first kappa shape index (κ1) is 19.0. The fourth-order valence-electron chi connectivity index (χ4n) is 3.33. The van der Waals surface area contributed by atoms with Gasteiger partial charge in [-0.2, -0.15) is 0 Å². The van der Waals surface area contributed by atoms with Crippen LogP contribution in [0, 0.1) is 11.8 Å². The second kappa shape index (κ2) is 9.87. The third kappa shape index (κ3) is 6.67. The predicted molar refractivity (Wildman–Crippen MR) is 93.8 cm³/mol. The summed E-state index contributed by atoms with van der Waals surface area (Å²) in [6.07, 6.45) is 6.21. The van der Waals surface area contributed by atoms with Crippen molar-refractivity contribution < 1.29 is 14.3 Å². The fraction of sp³-hybridized carbons (Fsp3) is 0.889. The number of rotatable bonds is 6. The van der Waals surface area contributed by atoms with Crippen molar-refractivity contribution in [1.82, 2.24) is 15.1 Å². The Morgan fingerprint density at radius 1 is 1.08 bits per heavy atom. The van der Waals surface area contributed by atoms with E-state index in [2.05, 4.69) is 10.2 Å². The van der Waals surface area contributed by atoms with Gasteiger partial charge in [0.05, 0.1) is 13.2 Å². The zero-order valence-electron chi connectivity index (χ0n) is 15.3. The molecule has 1 aliphatic carbocycles. The minimum atomic E-state index is -0.231. The molecule has 1 saturated carbocycles. The van der Waals surface area contributed by atoms with E-state index in [0.29, 0.717) is 38.1 Å². The van der Waals surface area contributed by atoms with E-state index in [9.17, 15) is 9.59 Å². The van der Waals surface area contributed by atoms with E-state index >= 15 is 0 Å². The molecular formula is C18H33N3O3. The van der Waals surface area contributed by atoms with Gasteiger partial charge in [-0.15, -0.1) is 0 Å². The molecule has 138 valence electrons. The van der Waals surface area contributed by atoms with Gasteiger partial charge in [0.15, 0.2) is 0 Å². The topological polar surface area (TPSA) is 61.9 Å². The summed E-state index contributed by atoms with van der Waals surface area (Å²) in [6.45, 7) is 8.49. The van der Waals surface area contributed by atoms with E-state index in [4.69, 9.17) is 4.74 Å². The van der Waals surface area contributed by atoms with Crippen LogP contribution in [0.4, 0.5) is 4.79 Å². The van der Waals surface area contributed by atoms with Gasteiger partial charge in [-0.3, -0.25) is 9.69 Å². The van der Waals surface area contributed by atoms with Gasteiger partial charge >= 0.3 is 6.09 Å². The highest BCUT2D eigenvalue weighted by molar-refractivity contribution is 5.78. The minimum Gasteiger partial charge on any atom is -0.449 e. The standard InChI is InChI=1S/C18H33N3O3/c1-15(2)14-24-18(23)21-10-8-20(9-11-21)13-17(22)19-12-16-6-4-3-5-7-16/h15-16H,3-14H2,1-2H3,(H,19,22). The summed E-state index contributed by atoms with van der Waals surface area (Å²) in [5.41, 5.74) is 0. The number of ether oxygens (including phenoxy) is 1. The fourth-order valence-corrected chi connectivity index (χ4v) is 3.33. The lowest BCUT2D eigenvalue weighted by atomic mass is 9.89. The van der Waals surface area contributed by atoms with Crippen LogP contribution in [-0.2, 0) is 9.53 Å². The van der Waals surface area contributed by atoms with Gasteiger partial charge < -0.3 is 15.0 Å². The maximum atomic E-state index is 12.1. The average Bonchev–Trinajstić information content (AvgIpc) is 2.59. The summed E-state index contributed by atoms with van der Waals surface area (Å²) < 4.78 is 5.25. The quantitative estimate of drug-likeness (QED) is 0.805. The van der Waals surface area contributed by atoms with Gasteiger partial charge in [0.25, 0.3) is 0 Å². The number of carbonyl (C=O) groups is 2. The van der Waals surface area contributed by atoms with Crippen molar-refractivity contribution in [3.8, 4) is 0 Å². The van der Waals surface area contributed by atoms with Crippen LogP contribution >= 0.6 is 0 Å². The molecule has 0 aromatic rings. The van der Waals surface area contributed by atoms with Gasteiger partial charge in [0.1, 0.15) is 0 Å². The Labute approximate surface area is 145 Å². The van der Waals surface area contributed by atoms with Crippen LogP contribution in [0.1, 0.15) is 46.0 Å². The van der Waals surface area contributed by atoms with Gasteiger partial charge in [-0.25, -0.2) is 4.79 Å². The molecule has 1 heterocycles. The number of carbonyl (C=O) groups excluding carboxylic acids is 2. The molecule has 6 heteroatoms. The monoisotopic (exact) mass is 339 g/mol. The van der Waals surface area contributed by atoms with Crippen molar-refractivity contribution in [2.75, 3.05) is 45.9 Å². The molecule has 24 heavy (non-hydrogen) atoms. The molecule has 1 saturated heterocycles. The number of piperazine rings is 1. The van der Waals surface area contributed by atoms with Crippen LogP contribution in [0.2, 0.25) is 0 Å². The predicted octanol–water partition coefficient (Wildman–Crippen LogP) is 2.09. The highest BCUT2D eigenvalue weighted by atomic mass is 16.6. The highest BCUT2D eigenvalue weighted by Gasteiger charge is 2.23. The van der Waals surface area contributed by atoms with Crippen molar-refractivity contribution >= 4 is 12.0 Å². The van der Waals surface area contributed by atoms with Crippen LogP contribution in [0.25, 0.3) is 0 Å². The van der Waals surface area contributed by atoms with E-state index in [0.717, 1.165) is 19.6 Å². The first-order valence-corrected chi connectivity index (χ1v) is 9.45. The van der Waals surface area contributed by atoms with E-state index in [-0.39, 0.29) is 12.0 Å². The number of hydrogen-bond donors (Lipinski definition) is 1. The maximum absolute atomic E-state index is 12.1. The smallest absolute Gasteiger partial charge is 0.409 e. The van der Waals surface area contributed by atoms with Crippen LogP contribution in [0.3, 0.4) is 0 Å². The van der Waals surface area contributed by atoms with Crippen molar-refractivity contribution in [3.05, 3.63) is 0 Å². The lowest BCUT2D eigenvalue weighted by Gasteiger charge is -2.33. The van der Waals surface area contributed by atoms with Crippen LogP contribution in [0.15, 0.2) is 0 Å². The summed E-state index contributed by atoms with van der Waals surface area (Å²) in [5, 5.41) is 3.08. The number of nitrogens with one attached hydrogen (secondary N) is 1. The minimum absolute atomic E-state index is 0.108. The van der Waals surface area contributed by atoms with E-state index in [1.54, 1.807) is 4.90 Å². The van der Waals surface area contributed by atoms with Gasteiger partial charge in [-0.1, -0.05) is 33.1 Å². The molecule has 1 N–H and O–H groups in total. The Hall–Kier alpha value is -1.30. The Kier molecular flexibility index (Phi) is 7.82. The number of amides is 2. The summed E-state index contributed by atoms with van der Waals surface area (Å²) in [5.74, 6) is 1.12. The van der Waals surface area contributed by atoms with Crippen LogP contribution in [-0.4, -0.2) is 67.7 Å². The van der Waals surface area contributed by atoms with Gasteiger partial charge in [0.2, 0.25) is 5.91 Å². The lowest BCUT2D eigenvalue weighted by Crippen LogP contribution is -2.51. The summed E-state index contributed by atoms with van der Waals surface area (Å²) in [4.78, 5) is 27.9. The molecule has 6 nitrogen and oxygen atoms in total. The molecule has 1 aliphatic heterocycles. The SMILES string of the molecule is CC(C)COC(=O)N1CCN(CC(=O)NCC2CCCCC2)CC1. The third-order valence-corrected chi connectivity index (χ3v) is 4.85. The molecule has 2 amide bonds. The first-order chi connectivity index (χ1) is 11.5. The van der Waals surface area contributed by atoms with E-state index in [1.807, 2.05) is 13.8 Å². The number of nitrogens with zero attached hydrogens (tertiary/aromatic N) is 2. The zero-order chi connectivity index (χ0) is 17.4. The summed E-state index contributed by atoms with van der Waals surface area (Å²) in [6, 6.07) is 0. The van der Waals surface area contributed by atoms with Crippen molar-refractivity contribution in [2.24, 2.45) is 11.8 Å². The third-order valence-electron chi connectivity index (χ3n) is 4.85. The van der Waals surface area contributed by atoms with E-state index in [1.165, 1.54) is 32.1 Å². The lowest BCUT2D eigenvalue weighted by molar-refractivity contribution is -0.122. The Bertz CT molecular complexity index is 400. The normalized spacial score (nSPS) is 20.2. The number of hydrogen-bond acceptors (Lipinski definition) is 4. The Balaban J connectivity index is 1.59. The molecule has 2 rings (SSSR count). The Morgan fingerprint density at radius 2 is 1.75 bits per heavy atom. The Morgan fingerprint density at radius 3 is 2.38 bits per heavy atom. The molecular weight excluding hydrogens is 306 g/mol. The van der Waals surface area contributed by atoms with Crippen molar-refractivity contribution in [2.45, 2.75) is 46.0 Å². The molecule has 0 atom stereocenters. The molecule has 0 unspecified atom stereocenters. The highest BCUT2D eigenvalue weighted by Crippen LogP contribution is 2.22. The van der Waals surface area contributed by atoms with Gasteiger partial charge in [-0.05, 0) is 24.7 Å².